The zero-order chi connectivity index (χ0) is 14.2. The first-order chi connectivity index (χ1) is 8.90. The van der Waals surface area contributed by atoms with E-state index in [4.69, 9.17) is 28.3 Å². The zero-order valence-electron chi connectivity index (χ0n) is 10.2. The molecular formula is C13H13Cl2NO3. The van der Waals surface area contributed by atoms with Gasteiger partial charge in [0.2, 0.25) is 5.91 Å². The van der Waals surface area contributed by atoms with Crippen molar-refractivity contribution >= 4 is 35.1 Å². The van der Waals surface area contributed by atoms with Gasteiger partial charge in [0.05, 0.1) is 0 Å². The number of hydrogen-bond donors (Lipinski definition) is 2. The summed E-state index contributed by atoms with van der Waals surface area (Å²) in [5, 5.41) is 12.3. The van der Waals surface area contributed by atoms with Gasteiger partial charge in [0, 0.05) is 16.0 Å². The molecular weight excluding hydrogens is 289 g/mol. The lowest BCUT2D eigenvalue weighted by Gasteiger charge is -2.09. The van der Waals surface area contributed by atoms with Crippen LogP contribution in [0.1, 0.15) is 24.8 Å². The normalized spacial score (nSPS) is 22.7. The highest BCUT2D eigenvalue weighted by atomic mass is 35.5. The van der Waals surface area contributed by atoms with Gasteiger partial charge in [-0.3, -0.25) is 9.59 Å². The van der Waals surface area contributed by atoms with E-state index >= 15 is 0 Å². The van der Waals surface area contributed by atoms with Crippen molar-refractivity contribution in [2.24, 2.45) is 5.92 Å². The summed E-state index contributed by atoms with van der Waals surface area (Å²) in [7, 11) is 0. The summed E-state index contributed by atoms with van der Waals surface area (Å²) >= 11 is 11.9. The second-order valence-corrected chi connectivity index (χ2v) is 5.53. The van der Waals surface area contributed by atoms with E-state index in [0.717, 1.165) is 5.56 Å². The summed E-state index contributed by atoms with van der Waals surface area (Å²) in [6.45, 7) is 1.44. The van der Waals surface area contributed by atoms with E-state index in [0.29, 0.717) is 16.5 Å². The number of halogens is 2. The van der Waals surface area contributed by atoms with Gasteiger partial charge >= 0.3 is 5.97 Å². The topological polar surface area (TPSA) is 66.4 Å². The molecule has 0 heterocycles. The molecule has 0 saturated heterocycles. The van der Waals surface area contributed by atoms with Gasteiger partial charge < -0.3 is 10.4 Å². The third-order valence-electron chi connectivity index (χ3n) is 3.22. The fourth-order valence-corrected chi connectivity index (χ4v) is 2.56. The first kappa shape index (κ1) is 14.2. The molecule has 0 bridgehead atoms. The number of carboxylic acid groups (broad SMARTS) is 1. The van der Waals surface area contributed by atoms with Crippen LogP contribution in [0.4, 0.5) is 0 Å². The number of amides is 1. The maximum Gasteiger partial charge on any atom is 0.325 e. The lowest BCUT2D eigenvalue weighted by molar-refractivity contribution is -0.141. The Balaban J connectivity index is 2.00. The molecule has 102 valence electrons. The first-order valence-corrected chi connectivity index (χ1v) is 6.64. The largest absolute Gasteiger partial charge is 0.480 e. The predicted octanol–water partition coefficient (Wildman–Crippen LogP) is 2.69. The van der Waals surface area contributed by atoms with Gasteiger partial charge in [-0.2, -0.15) is 0 Å². The van der Waals surface area contributed by atoms with Crippen LogP contribution in [-0.4, -0.2) is 23.0 Å². The van der Waals surface area contributed by atoms with Crippen LogP contribution in [0.25, 0.3) is 0 Å². The number of carboxylic acids is 1. The van der Waals surface area contributed by atoms with Gasteiger partial charge in [-0.05, 0) is 37.0 Å². The smallest absolute Gasteiger partial charge is 0.325 e. The molecule has 1 aromatic carbocycles. The minimum Gasteiger partial charge on any atom is -0.480 e. The number of carbonyl (C=O) groups excluding carboxylic acids is 1. The van der Waals surface area contributed by atoms with Crippen molar-refractivity contribution in [3.8, 4) is 0 Å². The van der Waals surface area contributed by atoms with E-state index in [9.17, 15) is 9.59 Å². The van der Waals surface area contributed by atoms with E-state index in [2.05, 4.69) is 5.32 Å². The lowest BCUT2D eigenvalue weighted by atomic mass is 10.1. The summed E-state index contributed by atoms with van der Waals surface area (Å²) in [5.74, 6) is -1.45. The highest BCUT2D eigenvalue weighted by molar-refractivity contribution is 6.35. The molecule has 0 aliphatic heterocycles. The van der Waals surface area contributed by atoms with Crippen LogP contribution in [0, 0.1) is 5.92 Å². The molecule has 1 aromatic rings. The van der Waals surface area contributed by atoms with Crippen molar-refractivity contribution < 1.29 is 14.7 Å². The van der Waals surface area contributed by atoms with E-state index in [-0.39, 0.29) is 17.7 Å². The second-order valence-electron chi connectivity index (χ2n) is 4.68. The summed E-state index contributed by atoms with van der Waals surface area (Å²) in [6, 6.07) is 4.31. The van der Waals surface area contributed by atoms with Crippen molar-refractivity contribution in [3.05, 3.63) is 33.8 Å². The molecule has 0 radical (unpaired) electrons. The van der Waals surface area contributed by atoms with Crippen LogP contribution in [0.3, 0.4) is 0 Å². The summed E-state index contributed by atoms with van der Waals surface area (Å²) in [5.41, 5.74) is 0.884. The number of benzene rings is 1. The molecule has 1 aliphatic rings. The van der Waals surface area contributed by atoms with Crippen LogP contribution in [-0.2, 0) is 9.59 Å². The molecule has 3 atom stereocenters. The summed E-state index contributed by atoms with van der Waals surface area (Å²) < 4.78 is 0. The van der Waals surface area contributed by atoms with Crippen LogP contribution in [0.5, 0.6) is 0 Å². The Morgan fingerprint density at radius 2 is 2.11 bits per heavy atom. The fraction of sp³-hybridized carbons (Fsp3) is 0.385. The number of nitrogens with one attached hydrogen (secondary N) is 1. The Morgan fingerprint density at radius 1 is 1.42 bits per heavy atom. The zero-order valence-corrected chi connectivity index (χ0v) is 11.7. The molecule has 2 rings (SSSR count). The van der Waals surface area contributed by atoms with Crippen molar-refractivity contribution in [2.75, 3.05) is 0 Å². The molecule has 6 heteroatoms. The monoisotopic (exact) mass is 301 g/mol. The minimum absolute atomic E-state index is 0.0470. The molecule has 1 fully saturated rings. The van der Waals surface area contributed by atoms with E-state index in [1.54, 1.807) is 12.1 Å². The van der Waals surface area contributed by atoms with Crippen LogP contribution in [0.15, 0.2) is 18.2 Å². The molecule has 4 nitrogen and oxygen atoms in total. The van der Waals surface area contributed by atoms with Gasteiger partial charge in [-0.15, -0.1) is 0 Å². The highest BCUT2D eigenvalue weighted by Crippen LogP contribution is 2.50. The van der Waals surface area contributed by atoms with Crippen LogP contribution >= 0.6 is 23.2 Å². The molecule has 2 N–H and O–H groups in total. The Bertz CT molecular complexity index is 533. The number of rotatable bonds is 4. The maximum atomic E-state index is 11.8. The third-order valence-corrected chi connectivity index (χ3v) is 3.78. The highest BCUT2D eigenvalue weighted by Gasteiger charge is 2.45. The van der Waals surface area contributed by atoms with Crippen LogP contribution in [0.2, 0.25) is 10.0 Å². The maximum absolute atomic E-state index is 11.8. The fourth-order valence-electron chi connectivity index (χ4n) is 2.01. The lowest BCUT2D eigenvalue weighted by Crippen LogP contribution is -2.39. The number of hydrogen-bond acceptors (Lipinski definition) is 2. The first-order valence-electron chi connectivity index (χ1n) is 5.88. The van der Waals surface area contributed by atoms with Gasteiger partial charge in [0.1, 0.15) is 6.04 Å². The Labute approximate surface area is 120 Å². The molecule has 19 heavy (non-hydrogen) atoms. The Hall–Kier alpha value is -1.26. The van der Waals surface area contributed by atoms with Gasteiger partial charge in [-0.25, -0.2) is 0 Å². The molecule has 1 saturated carbocycles. The average Bonchev–Trinajstić information content (AvgIpc) is 3.08. The Morgan fingerprint density at radius 3 is 2.68 bits per heavy atom. The minimum atomic E-state index is -1.05. The summed E-state index contributed by atoms with van der Waals surface area (Å²) in [4.78, 5) is 22.5. The SMILES string of the molecule is CC(NC(=O)C1CC1c1ccc(Cl)cc1Cl)C(=O)O. The number of carbonyl (C=O) groups is 2. The molecule has 0 spiro atoms. The Kier molecular flexibility index (Phi) is 4.02. The summed E-state index contributed by atoms with van der Waals surface area (Å²) in [6.07, 6.45) is 0.680. The molecule has 3 unspecified atom stereocenters. The van der Waals surface area contributed by atoms with Crippen molar-refractivity contribution in [3.63, 3.8) is 0 Å². The second kappa shape index (κ2) is 5.39. The van der Waals surface area contributed by atoms with Gasteiger partial charge in [-0.1, -0.05) is 29.3 Å². The van der Waals surface area contributed by atoms with Crippen molar-refractivity contribution in [2.45, 2.75) is 25.3 Å². The van der Waals surface area contributed by atoms with Crippen molar-refractivity contribution in [1.82, 2.24) is 5.32 Å². The number of aliphatic carboxylic acids is 1. The quantitative estimate of drug-likeness (QED) is 0.898. The molecule has 1 aliphatic carbocycles. The van der Waals surface area contributed by atoms with E-state index in [1.807, 2.05) is 6.07 Å². The average molecular weight is 302 g/mol. The van der Waals surface area contributed by atoms with Gasteiger partial charge in [0.25, 0.3) is 0 Å². The van der Waals surface area contributed by atoms with Crippen LogP contribution < -0.4 is 5.32 Å². The third kappa shape index (κ3) is 3.19. The predicted molar refractivity (Wildman–Crippen MR) is 72.6 cm³/mol. The molecule has 1 amide bonds. The standard InChI is InChI=1S/C13H13Cl2NO3/c1-6(13(18)19)16-12(17)10-5-9(10)8-3-2-7(14)4-11(8)15/h2-4,6,9-10H,5H2,1H3,(H,16,17)(H,18,19). The van der Waals surface area contributed by atoms with E-state index < -0.39 is 12.0 Å². The van der Waals surface area contributed by atoms with Gasteiger partial charge in [0.15, 0.2) is 0 Å². The van der Waals surface area contributed by atoms with Crippen molar-refractivity contribution in [1.29, 1.82) is 0 Å². The molecule has 0 aromatic heterocycles. The van der Waals surface area contributed by atoms with E-state index in [1.165, 1.54) is 6.92 Å².